The fraction of sp³-hybridized carbons (Fsp3) is 0.0417. The molecule has 1 aliphatic heterocycles. The number of hydrogen-bond acceptors (Lipinski definition) is 5. The summed E-state index contributed by atoms with van der Waals surface area (Å²) in [5.74, 6) is -2.89. The molecule has 1 fully saturated rings. The van der Waals surface area contributed by atoms with Crippen LogP contribution in [0.15, 0.2) is 72.3 Å². The summed E-state index contributed by atoms with van der Waals surface area (Å²) in [6.07, 6.45) is 1.34. The van der Waals surface area contributed by atoms with Gasteiger partial charge < -0.3 is 9.47 Å². The minimum absolute atomic E-state index is 0.0309. The second kappa shape index (κ2) is 9.13. The van der Waals surface area contributed by atoms with Crippen LogP contribution in [-0.4, -0.2) is 24.9 Å². The molecular weight excluding hydrogens is 451 g/mol. The Hall–Kier alpha value is -4.17. The van der Waals surface area contributed by atoms with Crippen LogP contribution in [0.3, 0.4) is 0 Å². The number of nitrogens with zero attached hydrogens (tertiary/aromatic N) is 1. The number of methoxy groups -OCH3 is 1. The lowest BCUT2D eigenvalue weighted by atomic mass is 10.1. The quantitative estimate of drug-likeness (QED) is 0.264. The van der Waals surface area contributed by atoms with E-state index in [0.29, 0.717) is 11.3 Å². The van der Waals surface area contributed by atoms with Crippen molar-refractivity contribution in [3.8, 4) is 11.5 Å². The number of benzene rings is 3. The fourth-order valence-corrected chi connectivity index (χ4v) is 3.44. The van der Waals surface area contributed by atoms with Crippen LogP contribution in [0.4, 0.5) is 10.1 Å². The fourth-order valence-electron chi connectivity index (χ4n) is 3.18. The van der Waals surface area contributed by atoms with Crippen LogP contribution in [-0.2, 0) is 9.59 Å². The zero-order valence-corrected chi connectivity index (χ0v) is 17.9. The zero-order valence-electron chi connectivity index (χ0n) is 17.2. The van der Waals surface area contributed by atoms with Gasteiger partial charge in [0, 0.05) is 0 Å². The third-order valence-electron chi connectivity index (χ3n) is 4.76. The van der Waals surface area contributed by atoms with Crippen molar-refractivity contribution in [3.05, 3.63) is 94.3 Å². The molecule has 1 saturated heterocycles. The van der Waals surface area contributed by atoms with Crippen molar-refractivity contribution in [1.82, 2.24) is 5.43 Å². The summed E-state index contributed by atoms with van der Waals surface area (Å²) in [6.45, 7) is 0. The number of rotatable bonds is 5. The van der Waals surface area contributed by atoms with Crippen LogP contribution in [0.25, 0.3) is 6.08 Å². The van der Waals surface area contributed by atoms with Crippen molar-refractivity contribution in [2.24, 2.45) is 0 Å². The SMILES string of the molecule is COc1cc(C=C2C(=O)NN(c3ccccc3)C2=O)cc(Cl)c1OC(=O)c1ccccc1F. The third kappa shape index (κ3) is 4.42. The summed E-state index contributed by atoms with van der Waals surface area (Å²) in [5, 5.41) is 1.11. The first-order valence-corrected chi connectivity index (χ1v) is 10.0. The van der Waals surface area contributed by atoms with Crippen molar-refractivity contribution in [2.75, 3.05) is 12.1 Å². The summed E-state index contributed by atoms with van der Waals surface area (Å²) in [7, 11) is 1.33. The molecule has 9 heteroatoms. The molecule has 1 aliphatic rings. The van der Waals surface area contributed by atoms with Crippen LogP contribution < -0.4 is 19.9 Å². The Morgan fingerprint density at radius 3 is 2.45 bits per heavy atom. The summed E-state index contributed by atoms with van der Waals surface area (Å²) >= 11 is 6.29. The number of hydrogen-bond donors (Lipinski definition) is 1. The van der Waals surface area contributed by atoms with E-state index in [9.17, 15) is 18.8 Å². The molecule has 33 heavy (non-hydrogen) atoms. The second-order valence-corrected chi connectivity index (χ2v) is 7.29. The van der Waals surface area contributed by atoms with Gasteiger partial charge >= 0.3 is 5.97 Å². The van der Waals surface area contributed by atoms with E-state index in [-0.39, 0.29) is 27.7 Å². The Morgan fingerprint density at radius 1 is 1.06 bits per heavy atom. The number of halogens is 2. The molecule has 0 spiro atoms. The number of amides is 2. The number of carbonyl (C=O) groups is 3. The van der Waals surface area contributed by atoms with Crippen molar-refractivity contribution < 1.29 is 28.2 Å². The number of ether oxygens (including phenoxy) is 2. The minimum Gasteiger partial charge on any atom is -0.493 e. The molecule has 0 saturated carbocycles. The molecule has 2 amide bonds. The normalized spacial score (nSPS) is 14.4. The number of para-hydroxylation sites is 1. The Bertz CT molecular complexity index is 1290. The maximum Gasteiger partial charge on any atom is 0.346 e. The van der Waals surface area contributed by atoms with Crippen LogP contribution in [0.5, 0.6) is 11.5 Å². The zero-order chi connectivity index (χ0) is 23.5. The van der Waals surface area contributed by atoms with Gasteiger partial charge in [0.1, 0.15) is 11.4 Å². The lowest BCUT2D eigenvalue weighted by Crippen LogP contribution is -2.35. The Kier molecular flexibility index (Phi) is 6.10. The number of hydrazine groups is 1. The lowest BCUT2D eigenvalue weighted by molar-refractivity contribution is -0.117. The van der Waals surface area contributed by atoms with Gasteiger partial charge in [-0.15, -0.1) is 0 Å². The first-order valence-electron chi connectivity index (χ1n) is 9.65. The molecule has 0 unspecified atom stereocenters. The largest absolute Gasteiger partial charge is 0.493 e. The highest BCUT2D eigenvalue weighted by molar-refractivity contribution is 6.33. The summed E-state index contributed by atoms with van der Waals surface area (Å²) in [5.41, 5.74) is 2.98. The molecule has 3 aromatic rings. The molecule has 166 valence electrons. The molecule has 7 nitrogen and oxygen atoms in total. The highest BCUT2D eigenvalue weighted by atomic mass is 35.5. The molecule has 4 rings (SSSR count). The first-order chi connectivity index (χ1) is 15.9. The molecule has 0 aromatic heterocycles. The van der Waals surface area contributed by atoms with Gasteiger partial charge in [-0.05, 0) is 48.0 Å². The van der Waals surface area contributed by atoms with Gasteiger partial charge in [0.05, 0.1) is 23.4 Å². The lowest BCUT2D eigenvalue weighted by Gasteiger charge is -2.14. The number of nitrogens with one attached hydrogen (secondary N) is 1. The van der Waals surface area contributed by atoms with Crippen molar-refractivity contribution in [3.63, 3.8) is 0 Å². The molecule has 0 bridgehead atoms. The Morgan fingerprint density at radius 2 is 1.76 bits per heavy atom. The maximum atomic E-state index is 13.9. The van der Waals surface area contributed by atoms with Crippen LogP contribution in [0.1, 0.15) is 15.9 Å². The smallest absolute Gasteiger partial charge is 0.346 e. The van der Waals surface area contributed by atoms with Gasteiger partial charge in [-0.1, -0.05) is 41.9 Å². The Labute approximate surface area is 193 Å². The van der Waals surface area contributed by atoms with Crippen molar-refractivity contribution >= 4 is 41.1 Å². The molecule has 0 atom stereocenters. The number of esters is 1. The first kappa shape index (κ1) is 22.0. The van der Waals surface area contributed by atoms with Crippen LogP contribution in [0, 0.1) is 5.82 Å². The number of carbonyl (C=O) groups excluding carboxylic acids is 3. The highest BCUT2D eigenvalue weighted by Gasteiger charge is 2.34. The van der Waals surface area contributed by atoms with Gasteiger partial charge in [-0.2, -0.15) is 0 Å². The monoisotopic (exact) mass is 466 g/mol. The Balaban J connectivity index is 1.64. The molecular formula is C24H16ClFN2O5. The van der Waals surface area contributed by atoms with Crippen molar-refractivity contribution in [2.45, 2.75) is 0 Å². The number of anilines is 1. The molecule has 0 aliphatic carbocycles. The average Bonchev–Trinajstić information content (AvgIpc) is 3.09. The summed E-state index contributed by atoms with van der Waals surface area (Å²) in [4.78, 5) is 37.6. The predicted molar refractivity (Wildman–Crippen MR) is 119 cm³/mol. The van der Waals surface area contributed by atoms with Gasteiger partial charge in [0.2, 0.25) is 0 Å². The van der Waals surface area contributed by atoms with Gasteiger partial charge in [0.15, 0.2) is 11.5 Å². The highest BCUT2D eigenvalue weighted by Crippen LogP contribution is 2.38. The van der Waals surface area contributed by atoms with Gasteiger partial charge in [0.25, 0.3) is 11.8 Å². The van der Waals surface area contributed by atoms with Crippen LogP contribution >= 0.6 is 11.6 Å². The van der Waals surface area contributed by atoms with E-state index in [2.05, 4.69) is 5.43 Å². The second-order valence-electron chi connectivity index (χ2n) is 6.88. The molecule has 0 radical (unpaired) electrons. The van der Waals surface area contributed by atoms with E-state index < -0.39 is 23.6 Å². The van der Waals surface area contributed by atoms with E-state index in [1.807, 2.05) is 0 Å². The molecule has 1 heterocycles. The average molecular weight is 467 g/mol. The van der Waals surface area contributed by atoms with E-state index in [1.54, 1.807) is 30.3 Å². The van der Waals surface area contributed by atoms with Crippen LogP contribution in [0.2, 0.25) is 5.02 Å². The summed E-state index contributed by atoms with van der Waals surface area (Å²) < 4.78 is 24.4. The topological polar surface area (TPSA) is 84.9 Å². The van der Waals surface area contributed by atoms with E-state index in [4.69, 9.17) is 21.1 Å². The molecule has 3 aromatic carbocycles. The third-order valence-corrected chi connectivity index (χ3v) is 5.04. The van der Waals surface area contributed by atoms with Gasteiger partial charge in [-0.3, -0.25) is 15.0 Å². The standard InChI is InChI=1S/C24H16ClFN2O5/c1-32-20-13-14(11-17-22(29)27-28(23(17)30)15-7-3-2-4-8-15)12-18(25)21(20)33-24(31)16-9-5-6-10-19(16)26/h2-13H,1H3,(H,27,29). The van der Waals surface area contributed by atoms with Gasteiger partial charge in [-0.25, -0.2) is 14.2 Å². The van der Waals surface area contributed by atoms with Crippen molar-refractivity contribution in [1.29, 1.82) is 0 Å². The van der Waals surface area contributed by atoms with E-state index in [1.165, 1.54) is 43.5 Å². The van der Waals surface area contributed by atoms with E-state index in [0.717, 1.165) is 11.1 Å². The molecule has 1 N–H and O–H groups in total. The predicted octanol–water partition coefficient (Wildman–Crippen LogP) is 4.17. The minimum atomic E-state index is -0.955. The maximum absolute atomic E-state index is 13.9. The van der Waals surface area contributed by atoms with E-state index >= 15 is 0 Å². The summed E-state index contributed by atoms with van der Waals surface area (Å²) in [6, 6.07) is 16.8.